The van der Waals surface area contributed by atoms with Crippen LogP contribution in [0.1, 0.15) is 2.74 Å². The van der Waals surface area contributed by atoms with Gasteiger partial charge < -0.3 is 0 Å². The standard InChI is InChI=1S/C4H3ClN2/c5-4-2-1-3-6-7-4/h1-3H/i1D,3D. The van der Waals surface area contributed by atoms with Gasteiger partial charge in [0.1, 0.15) is 0 Å². The maximum Gasteiger partial charge on any atom is 0.151 e. The van der Waals surface area contributed by atoms with Crippen molar-refractivity contribution in [2.24, 2.45) is 0 Å². The summed E-state index contributed by atoms with van der Waals surface area (Å²) in [5.41, 5.74) is 0. The first kappa shape index (κ1) is 2.62. The van der Waals surface area contributed by atoms with Crippen LogP contribution in [0.4, 0.5) is 0 Å². The molecule has 0 saturated heterocycles. The summed E-state index contributed by atoms with van der Waals surface area (Å²) >= 11 is 5.34. The lowest BCUT2D eigenvalue weighted by Gasteiger charge is -1.78. The summed E-state index contributed by atoms with van der Waals surface area (Å²) in [5.74, 6) is 0. The Morgan fingerprint density at radius 1 is 1.86 bits per heavy atom. The molecule has 1 aromatic rings. The molecule has 0 radical (unpaired) electrons. The Balaban J connectivity index is 3.17. The van der Waals surface area contributed by atoms with Gasteiger partial charge in [0.25, 0.3) is 0 Å². The minimum absolute atomic E-state index is 0.00463. The van der Waals surface area contributed by atoms with Gasteiger partial charge in [-0.05, 0) is 12.1 Å². The molecule has 0 fully saturated rings. The lowest BCUT2D eigenvalue weighted by Crippen LogP contribution is -1.74. The van der Waals surface area contributed by atoms with E-state index in [1.54, 1.807) is 0 Å². The van der Waals surface area contributed by atoms with Crippen molar-refractivity contribution in [2.45, 2.75) is 0 Å². The SMILES string of the molecule is [2H]c1cc(Cl)nnc1[2H]. The van der Waals surface area contributed by atoms with Gasteiger partial charge in [0, 0.05) is 6.17 Å². The molecule has 0 spiro atoms. The van der Waals surface area contributed by atoms with Crippen molar-refractivity contribution in [1.82, 2.24) is 10.2 Å². The smallest absolute Gasteiger partial charge is 0.151 e. The van der Waals surface area contributed by atoms with E-state index in [2.05, 4.69) is 10.2 Å². The van der Waals surface area contributed by atoms with E-state index in [1.807, 2.05) is 0 Å². The predicted molar refractivity (Wildman–Crippen MR) is 27.0 cm³/mol. The summed E-state index contributed by atoms with van der Waals surface area (Å²) in [6.45, 7) is 0. The molecule has 0 amide bonds. The van der Waals surface area contributed by atoms with E-state index in [-0.39, 0.29) is 17.4 Å². The Hall–Kier alpha value is -0.630. The number of halogens is 1. The van der Waals surface area contributed by atoms with E-state index >= 15 is 0 Å². The van der Waals surface area contributed by atoms with Gasteiger partial charge in [0.15, 0.2) is 5.15 Å². The molecule has 1 heterocycles. The maximum atomic E-state index is 6.99. The quantitative estimate of drug-likeness (QED) is 0.508. The van der Waals surface area contributed by atoms with E-state index in [1.165, 1.54) is 6.07 Å². The van der Waals surface area contributed by atoms with Crippen LogP contribution >= 0.6 is 11.6 Å². The molecule has 1 aromatic heterocycles. The second-order valence-corrected chi connectivity index (χ2v) is 1.31. The molecule has 0 aromatic carbocycles. The molecule has 0 bridgehead atoms. The highest BCUT2D eigenvalue weighted by Gasteiger charge is 1.78. The summed E-state index contributed by atoms with van der Waals surface area (Å²) in [4.78, 5) is 0. The molecule has 0 unspecified atom stereocenters. The summed E-state index contributed by atoms with van der Waals surface area (Å²) < 4.78 is 13.9. The molecular weight excluding hydrogens is 112 g/mol. The lowest BCUT2D eigenvalue weighted by molar-refractivity contribution is 1.03. The fraction of sp³-hybridized carbons (Fsp3) is 0. The zero-order valence-electron chi connectivity index (χ0n) is 5.35. The monoisotopic (exact) mass is 116 g/mol. The Morgan fingerprint density at radius 2 is 2.71 bits per heavy atom. The summed E-state index contributed by atoms with van der Waals surface area (Å²) in [5, 5.41) is 6.77. The van der Waals surface area contributed by atoms with Gasteiger partial charge in [-0.1, -0.05) is 11.6 Å². The van der Waals surface area contributed by atoms with Crippen molar-refractivity contribution < 1.29 is 2.74 Å². The fourth-order valence-corrected chi connectivity index (χ4v) is 0.315. The minimum Gasteiger partial charge on any atom is -0.158 e. The highest BCUT2D eigenvalue weighted by Crippen LogP contribution is 1.96. The van der Waals surface area contributed by atoms with E-state index in [0.29, 0.717) is 0 Å². The van der Waals surface area contributed by atoms with Gasteiger partial charge in [-0.15, -0.1) is 5.10 Å². The van der Waals surface area contributed by atoms with Crippen molar-refractivity contribution in [3.05, 3.63) is 23.4 Å². The van der Waals surface area contributed by atoms with E-state index in [9.17, 15) is 0 Å². The summed E-state index contributed by atoms with van der Waals surface area (Å²) in [6, 6.07) is 1.27. The van der Waals surface area contributed by atoms with Crippen molar-refractivity contribution in [1.29, 1.82) is 0 Å². The Morgan fingerprint density at radius 3 is 3.29 bits per heavy atom. The first-order valence-electron chi connectivity index (χ1n) is 2.66. The normalized spacial score (nSPS) is 12.7. The molecule has 0 saturated carbocycles. The number of rotatable bonds is 0. The summed E-state index contributed by atoms with van der Waals surface area (Å²) in [6.07, 6.45) is -0.153. The first-order valence-corrected chi connectivity index (χ1v) is 2.04. The van der Waals surface area contributed by atoms with Crippen molar-refractivity contribution in [3.63, 3.8) is 0 Å². The second-order valence-electron chi connectivity index (χ2n) is 0.923. The number of aromatic nitrogens is 2. The molecule has 0 aliphatic rings. The van der Waals surface area contributed by atoms with Gasteiger partial charge in [0.05, 0.1) is 2.74 Å². The molecule has 2 nitrogen and oxygen atoms in total. The van der Waals surface area contributed by atoms with Gasteiger partial charge in [-0.3, -0.25) is 0 Å². The Labute approximate surface area is 49.0 Å². The van der Waals surface area contributed by atoms with Gasteiger partial charge >= 0.3 is 0 Å². The van der Waals surface area contributed by atoms with Crippen LogP contribution in [0.2, 0.25) is 5.15 Å². The molecule has 7 heavy (non-hydrogen) atoms. The molecule has 1 rings (SSSR count). The predicted octanol–water partition coefficient (Wildman–Crippen LogP) is 1.13. The molecule has 3 heteroatoms. The second kappa shape index (κ2) is 1.89. The highest BCUT2D eigenvalue weighted by atomic mass is 35.5. The molecule has 36 valence electrons. The third-order valence-electron chi connectivity index (χ3n) is 0.451. The first-order chi connectivity index (χ1) is 4.20. The molecule has 0 aliphatic heterocycles. The lowest BCUT2D eigenvalue weighted by atomic mass is 10.6. The van der Waals surface area contributed by atoms with Gasteiger partial charge in [-0.25, -0.2) is 0 Å². The average molecular weight is 117 g/mol. The number of nitrogens with zero attached hydrogens (tertiary/aromatic N) is 2. The molecule has 0 N–H and O–H groups in total. The van der Waals surface area contributed by atoms with Crippen LogP contribution in [0.25, 0.3) is 0 Å². The Bertz CT molecular complexity index is 228. The minimum atomic E-state index is -0.153. The van der Waals surface area contributed by atoms with Crippen LogP contribution in [0.15, 0.2) is 18.3 Å². The van der Waals surface area contributed by atoms with E-state index < -0.39 is 0 Å². The average Bonchev–Trinajstić information content (AvgIpc) is 1.80. The highest BCUT2D eigenvalue weighted by molar-refractivity contribution is 6.29. The van der Waals surface area contributed by atoms with Crippen LogP contribution in [-0.4, -0.2) is 10.2 Å². The van der Waals surface area contributed by atoms with Crippen molar-refractivity contribution >= 4 is 11.6 Å². The topological polar surface area (TPSA) is 25.8 Å². The van der Waals surface area contributed by atoms with Crippen molar-refractivity contribution in [2.75, 3.05) is 0 Å². The fourth-order valence-electron chi connectivity index (χ4n) is 0.222. The van der Waals surface area contributed by atoms with E-state index in [4.69, 9.17) is 14.3 Å². The van der Waals surface area contributed by atoms with Crippen molar-refractivity contribution in [3.8, 4) is 0 Å². The zero-order valence-corrected chi connectivity index (χ0v) is 4.11. The molecule has 0 aliphatic carbocycles. The largest absolute Gasteiger partial charge is 0.158 e. The van der Waals surface area contributed by atoms with Crippen LogP contribution in [0.3, 0.4) is 0 Å². The van der Waals surface area contributed by atoms with Gasteiger partial charge in [0.2, 0.25) is 0 Å². The maximum absolute atomic E-state index is 6.99. The van der Waals surface area contributed by atoms with Crippen LogP contribution in [-0.2, 0) is 0 Å². The number of hydrogen-bond donors (Lipinski definition) is 0. The third-order valence-corrected chi connectivity index (χ3v) is 0.636. The molecule has 0 atom stereocenters. The Kier molecular flexibility index (Phi) is 0.707. The molecular formula is C4H3ClN2. The van der Waals surface area contributed by atoms with Crippen LogP contribution < -0.4 is 0 Å². The van der Waals surface area contributed by atoms with E-state index in [0.717, 1.165) is 0 Å². The summed E-state index contributed by atoms with van der Waals surface area (Å²) in [7, 11) is 0. The zero-order chi connectivity index (χ0) is 6.85. The van der Waals surface area contributed by atoms with Crippen LogP contribution in [0.5, 0.6) is 0 Å². The third kappa shape index (κ3) is 1.12. The van der Waals surface area contributed by atoms with Crippen LogP contribution in [0, 0.1) is 0 Å². The van der Waals surface area contributed by atoms with Gasteiger partial charge in [-0.2, -0.15) is 5.10 Å². The number of hydrogen-bond acceptors (Lipinski definition) is 2.